The summed E-state index contributed by atoms with van der Waals surface area (Å²) in [5, 5.41) is 11.6. The topological polar surface area (TPSA) is 42.7 Å². The first-order valence-corrected chi connectivity index (χ1v) is 4.92. The van der Waals surface area contributed by atoms with Crippen LogP contribution in [0.25, 0.3) is 5.69 Å². The minimum atomic E-state index is 0.742. The summed E-state index contributed by atoms with van der Waals surface area (Å²) >= 11 is 0. The van der Waals surface area contributed by atoms with Crippen molar-refractivity contribution >= 4 is 0 Å². The summed E-state index contributed by atoms with van der Waals surface area (Å²) in [6.07, 6.45) is 1.78. The van der Waals surface area contributed by atoms with E-state index in [-0.39, 0.29) is 0 Å². The summed E-state index contributed by atoms with van der Waals surface area (Å²) in [5.74, 6) is 0. The molecule has 1 aromatic carbocycles. The number of nitrogens with one attached hydrogen (secondary N) is 1. The van der Waals surface area contributed by atoms with Crippen molar-refractivity contribution in [3.63, 3.8) is 0 Å². The summed E-state index contributed by atoms with van der Waals surface area (Å²) in [6, 6.07) is 8.12. The molecule has 1 aromatic heterocycles. The van der Waals surface area contributed by atoms with Crippen LogP contribution < -0.4 is 5.32 Å². The van der Waals surface area contributed by atoms with Crippen LogP contribution in [-0.4, -0.2) is 22.0 Å². The van der Waals surface area contributed by atoms with Crippen molar-refractivity contribution in [3.8, 4) is 5.69 Å². The highest BCUT2D eigenvalue weighted by molar-refractivity contribution is 5.33. The Morgan fingerprint density at radius 1 is 1.40 bits per heavy atom. The molecule has 4 nitrogen and oxygen atoms in total. The van der Waals surface area contributed by atoms with Gasteiger partial charge in [0.2, 0.25) is 0 Å². The SMILES string of the molecule is CNCc1cnn(-c2cccc(C)c2)n1. The van der Waals surface area contributed by atoms with Crippen LogP contribution in [-0.2, 0) is 6.54 Å². The average Bonchev–Trinajstić information content (AvgIpc) is 2.67. The smallest absolute Gasteiger partial charge is 0.0969 e. The van der Waals surface area contributed by atoms with Crippen LogP contribution in [0, 0.1) is 6.92 Å². The van der Waals surface area contributed by atoms with Gasteiger partial charge in [-0.3, -0.25) is 0 Å². The molecule has 4 heteroatoms. The van der Waals surface area contributed by atoms with Gasteiger partial charge in [-0.2, -0.15) is 15.0 Å². The first kappa shape index (κ1) is 9.86. The maximum atomic E-state index is 4.35. The van der Waals surface area contributed by atoms with E-state index in [4.69, 9.17) is 0 Å². The molecular formula is C11H14N4. The molecule has 0 aliphatic rings. The number of nitrogens with zero attached hydrogens (tertiary/aromatic N) is 3. The van der Waals surface area contributed by atoms with Crippen LogP contribution in [0.2, 0.25) is 0 Å². The molecule has 0 amide bonds. The van der Waals surface area contributed by atoms with Crippen molar-refractivity contribution < 1.29 is 0 Å². The first-order chi connectivity index (χ1) is 7.29. The number of hydrogen-bond donors (Lipinski definition) is 1. The Hall–Kier alpha value is -1.68. The van der Waals surface area contributed by atoms with E-state index in [9.17, 15) is 0 Å². The lowest BCUT2D eigenvalue weighted by atomic mass is 10.2. The van der Waals surface area contributed by atoms with Crippen LogP contribution in [0.3, 0.4) is 0 Å². The molecule has 1 N–H and O–H groups in total. The Kier molecular flexibility index (Phi) is 2.78. The third-order valence-electron chi connectivity index (χ3n) is 2.13. The largest absolute Gasteiger partial charge is 0.314 e. The number of rotatable bonds is 3. The van der Waals surface area contributed by atoms with Gasteiger partial charge in [-0.15, -0.1) is 0 Å². The van der Waals surface area contributed by atoms with Gasteiger partial charge in [0.25, 0.3) is 0 Å². The highest BCUT2D eigenvalue weighted by Gasteiger charge is 2.01. The lowest BCUT2D eigenvalue weighted by molar-refractivity contribution is 0.716. The maximum Gasteiger partial charge on any atom is 0.0969 e. The monoisotopic (exact) mass is 202 g/mol. The molecule has 0 unspecified atom stereocenters. The predicted octanol–water partition coefficient (Wildman–Crippen LogP) is 1.30. The maximum absolute atomic E-state index is 4.35. The van der Waals surface area contributed by atoms with E-state index in [1.807, 2.05) is 19.2 Å². The van der Waals surface area contributed by atoms with Crippen LogP contribution in [0.5, 0.6) is 0 Å². The number of aromatic nitrogens is 3. The van der Waals surface area contributed by atoms with Gasteiger partial charge in [0.1, 0.15) is 0 Å². The van der Waals surface area contributed by atoms with Crippen molar-refractivity contribution in [2.45, 2.75) is 13.5 Å². The van der Waals surface area contributed by atoms with Gasteiger partial charge >= 0.3 is 0 Å². The Balaban J connectivity index is 2.29. The van der Waals surface area contributed by atoms with Crippen LogP contribution in [0.4, 0.5) is 0 Å². The molecular weight excluding hydrogens is 188 g/mol. The fraction of sp³-hybridized carbons (Fsp3) is 0.273. The van der Waals surface area contributed by atoms with E-state index in [2.05, 4.69) is 34.6 Å². The van der Waals surface area contributed by atoms with E-state index in [0.29, 0.717) is 0 Å². The Morgan fingerprint density at radius 3 is 3.00 bits per heavy atom. The van der Waals surface area contributed by atoms with Gasteiger partial charge in [-0.1, -0.05) is 12.1 Å². The molecule has 0 saturated heterocycles. The van der Waals surface area contributed by atoms with Gasteiger partial charge < -0.3 is 5.32 Å². The molecule has 15 heavy (non-hydrogen) atoms. The zero-order valence-electron chi connectivity index (χ0n) is 8.94. The first-order valence-electron chi connectivity index (χ1n) is 4.92. The molecule has 0 saturated carbocycles. The Labute approximate surface area is 88.9 Å². The summed E-state index contributed by atoms with van der Waals surface area (Å²) in [7, 11) is 1.89. The lowest BCUT2D eigenvalue weighted by Gasteiger charge is -2.00. The third-order valence-corrected chi connectivity index (χ3v) is 2.13. The van der Waals surface area contributed by atoms with E-state index in [0.717, 1.165) is 17.9 Å². The second kappa shape index (κ2) is 4.23. The average molecular weight is 202 g/mol. The summed E-state index contributed by atoms with van der Waals surface area (Å²) in [4.78, 5) is 1.65. The number of benzene rings is 1. The second-order valence-corrected chi connectivity index (χ2v) is 3.49. The molecule has 2 rings (SSSR count). The zero-order valence-corrected chi connectivity index (χ0v) is 8.94. The number of aryl methyl sites for hydroxylation is 1. The Morgan fingerprint density at radius 2 is 2.27 bits per heavy atom. The van der Waals surface area contributed by atoms with Gasteiger partial charge in [0, 0.05) is 6.54 Å². The predicted molar refractivity (Wildman–Crippen MR) is 58.9 cm³/mol. The lowest BCUT2D eigenvalue weighted by Crippen LogP contribution is -2.06. The molecule has 0 aliphatic heterocycles. The van der Waals surface area contributed by atoms with Crippen LogP contribution in [0.15, 0.2) is 30.5 Å². The van der Waals surface area contributed by atoms with E-state index >= 15 is 0 Å². The standard InChI is InChI=1S/C11H14N4/c1-9-4-3-5-11(6-9)15-13-8-10(14-15)7-12-2/h3-6,8,12H,7H2,1-2H3. The van der Waals surface area contributed by atoms with Crippen molar-refractivity contribution in [1.29, 1.82) is 0 Å². The van der Waals surface area contributed by atoms with E-state index in [1.54, 1.807) is 11.0 Å². The fourth-order valence-electron chi connectivity index (χ4n) is 1.43. The second-order valence-electron chi connectivity index (χ2n) is 3.49. The van der Waals surface area contributed by atoms with Crippen molar-refractivity contribution in [1.82, 2.24) is 20.3 Å². The van der Waals surface area contributed by atoms with Gasteiger partial charge in [0.05, 0.1) is 17.6 Å². The van der Waals surface area contributed by atoms with E-state index in [1.165, 1.54) is 5.56 Å². The minimum absolute atomic E-state index is 0.742. The van der Waals surface area contributed by atoms with Crippen molar-refractivity contribution in [2.24, 2.45) is 0 Å². The molecule has 0 spiro atoms. The normalized spacial score (nSPS) is 10.5. The van der Waals surface area contributed by atoms with Crippen molar-refractivity contribution in [3.05, 3.63) is 41.7 Å². The molecule has 0 aliphatic carbocycles. The zero-order chi connectivity index (χ0) is 10.7. The van der Waals surface area contributed by atoms with Gasteiger partial charge in [-0.25, -0.2) is 0 Å². The Bertz CT molecular complexity index is 447. The summed E-state index contributed by atoms with van der Waals surface area (Å²) in [5.41, 5.74) is 3.15. The number of hydrogen-bond acceptors (Lipinski definition) is 3. The minimum Gasteiger partial charge on any atom is -0.314 e. The molecule has 78 valence electrons. The molecule has 0 fully saturated rings. The fourth-order valence-corrected chi connectivity index (χ4v) is 1.43. The molecule has 0 radical (unpaired) electrons. The highest BCUT2D eigenvalue weighted by Crippen LogP contribution is 2.07. The quantitative estimate of drug-likeness (QED) is 0.815. The van der Waals surface area contributed by atoms with Gasteiger partial charge in [-0.05, 0) is 31.7 Å². The third kappa shape index (κ3) is 2.22. The van der Waals surface area contributed by atoms with Gasteiger partial charge in [0.15, 0.2) is 0 Å². The summed E-state index contributed by atoms with van der Waals surface area (Å²) in [6.45, 7) is 2.80. The van der Waals surface area contributed by atoms with Crippen LogP contribution >= 0.6 is 0 Å². The van der Waals surface area contributed by atoms with Crippen molar-refractivity contribution in [2.75, 3.05) is 7.05 Å². The molecule has 2 aromatic rings. The summed E-state index contributed by atoms with van der Waals surface area (Å²) < 4.78 is 0. The van der Waals surface area contributed by atoms with Crippen LogP contribution in [0.1, 0.15) is 11.3 Å². The highest BCUT2D eigenvalue weighted by atomic mass is 15.5. The molecule has 0 bridgehead atoms. The molecule has 0 atom stereocenters. The van der Waals surface area contributed by atoms with E-state index < -0.39 is 0 Å². The molecule has 1 heterocycles.